The fraction of sp³-hybridized carbons (Fsp3) is 0.688. The largest absolute Gasteiger partial charge is 0.444 e. The van der Waals surface area contributed by atoms with E-state index in [1.807, 2.05) is 20.8 Å². The van der Waals surface area contributed by atoms with Crippen molar-refractivity contribution in [1.82, 2.24) is 14.9 Å². The van der Waals surface area contributed by atoms with E-state index in [1.165, 1.54) is 0 Å². The molecule has 6 nitrogen and oxygen atoms in total. The molecule has 0 aliphatic carbocycles. The number of piperidine rings is 1. The van der Waals surface area contributed by atoms with Crippen LogP contribution in [0.2, 0.25) is 0 Å². The summed E-state index contributed by atoms with van der Waals surface area (Å²) in [5.41, 5.74) is 0.370. The van der Waals surface area contributed by atoms with Gasteiger partial charge in [0, 0.05) is 31.4 Å². The van der Waals surface area contributed by atoms with Gasteiger partial charge >= 0.3 is 6.09 Å². The Balaban J connectivity index is 1.75. The van der Waals surface area contributed by atoms with Crippen molar-refractivity contribution >= 4 is 6.09 Å². The summed E-state index contributed by atoms with van der Waals surface area (Å²) in [6.07, 6.45) is 6.82. The molecular formula is C16H25N3O3. The highest BCUT2D eigenvalue weighted by atomic mass is 16.6. The van der Waals surface area contributed by atoms with Crippen LogP contribution in [0.15, 0.2) is 18.6 Å². The summed E-state index contributed by atoms with van der Waals surface area (Å²) in [5, 5.41) is 0. The molecule has 1 aromatic rings. The van der Waals surface area contributed by atoms with Crippen LogP contribution in [0.25, 0.3) is 0 Å². The zero-order valence-electron chi connectivity index (χ0n) is 13.6. The molecule has 1 aromatic heterocycles. The maximum Gasteiger partial charge on any atom is 0.410 e. The standard InChI is InChI=1S/C16H25N3O3/c1-16(2,3)22-15(20)19-8-4-5-13(10-19)11-21-12-14-9-17-6-7-18-14/h6-7,9,13H,4-5,8,10-12H2,1-3H3. The molecule has 1 aliphatic rings. The second-order valence-electron chi connectivity index (χ2n) is 6.65. The molecule has 1 unspecified atom stereocenters. The predicted molar refractivity (Wildman–Crippen MR) is 82.2 cm³/mol. The lowest BCUT2D eigenvalue weighted by atomic mass is 9.99. The second-order valence-corrected chi connectivity index (χ2v) is 6.65. The third kappa shape index (κ3) is 5.60. The molecule has 0 bridgehead atoms. The van der Waals surface area contributed by atoms with Gasteiger partial charge in [-0.1, -0.05) is 0 Å². The highest BCUT2D eigenvalue weighted by Gasteiger charge is 2.27. The first-order chi connectivity index (χ1) is 10.4. The summed E-state index contributed by atoms with van der Waals surface area (Å²) in [5.74, 6) is 0.345. The van der Waals surface area contributed by atoms with Crippen LogP contribution in [0.5, 0.6) is 0 Å². The predicted octanol–water partition coefficient (Wildman–Crippen LogP) is 2.64. The van der Waals surface area contributed by atoms with Crippen molar-refractivity contribution in [3.05, 3.63) is 24.3 Å². The van der Waals surface area contributed by atoms with Crippen LogP contribution >= 0.6 is 0 Å². The second kappa shape index (κ2) is 7.54. The van der Waals surface area contributed by atoms with E-state index in [0.29, 0.717) is 25.7 Å². The molecule has 0 saturated carbocycles. The molecule has 2 rings (SSSR count). The summed E-state index contributed by atoms with van der Waals surface area (Å²) in [7, 11) is 0. The summed E-state index contributed by atoms with van der Waals surface area (Å²) >= 11 is 0. The molecule has 6 heteroatoms. The average molecular weight is 307 g/mol. The summed E-state index contributed by atoms with van der Waals surface area (Å²) in [6.45, 7) is 8.18. The Morgan fingerprint density at radius 2 is 2.23 bits per heavy atom. The molecule has 0 radical (unpaired) electrons. The molecule has 1 aliphatic heterocycles. The maximum absolute atomic E-state index is 12.1. The van der Waals surface area contributed by atoms with Gasteiger partial charge in [0.1, 0.15) is 5.60 Å². The number of aromatic nitrogens is 2. The fourth-order valence-electron chi connectivity index (χ4n) is 2.43. The van der Waals surface area contributed by atoms with E-state index in [4.69, 9.17) is 9.47 Å². The smallest absolute Gasteiger partial charge is 0.410 e. The number of nitrogens with zero attached hydrogens (tertiary/aromatic N) is 3. The summed E-state index contributed by atoms with van der Waals surface area (Å²) < 4.78 is 11.1. The normalized spacial score (nSPS) is 19.0. The molecular weight excluding hydrogens is 282 g/mol. The lowest BCUT2D eigenvalue weighted by Crippen LogP contribution is -2.43. The Morgan fingerprint density at radius 3 is 2.91 bits per heavy atom. The van der Waals surface area contributed by atoms with Gasteiger partial charge < -0.3 is 14.4 Å². The summed E-state index contributed by atoms with van der Waals surface area (Å²) in [4.78, 5) is 22.1. The van der Waals surface area contributed by atoms with Crippen molar-refractivity contribution in [2.75, 3.05) is 19.7 Å². The van der Waals surface area contributed by atoms with Crippen LogP contribution in [-0.4, -0.2) is 46.3 Å². The van der Waals surface area contributed by atoms with E-state index in [2.05, 4.69) is 9.97 Å². The Kier molecular flexibility index (Phi) is 5.71. The number of ether oxygens (including phenoxy) is 2. The average Bonchev–Trinajstić information content (AvgIpc) is 2.47. The van der Waals surface area contributed by atoms with Crippen molar-refractivity contribution in [3.8, 4) is 0 Å². The van der Waals surface area contributed by atoms with E-state index < -0.39 is 5.60 Å². The van der Waals surface area contributed by atoms with Gasteiger partial charge in [-0.15, -0.1) is 0 Å². The van der Waals surface area contributed by atoms with Gasteiger partial charge in [0.2, 0.25) is 0 Å². The topological polar surface area (TPSA) is 64.5 Å². The van der Waals surface area contributed by atoms with Gasteiger partial charge in [0.25, 0.3) is 0 Å². The monoisotopic (exact) mass is 307 g/mol. The molecule has 22 heavy (non-hydrogen) atoms. The number of carbonyl (C=O) groups is 1. The Bertz CT molecular complexity index is 473. The van der Waals surface area contributed by atoms with Gasteiger partial charge in [0.15, 0.2) is 0 Å². The number of amides is 1. The van der Waals surface area contributed by atoms with Crippen molar-refractivity contribution in [1.29, 1.82) is 0 Å². The first-order valence-corrected chi connectivity index (χ1v) is 7.74. The SMILES string of the molecule is CC(C)(C)OC(=O)N1CCCC(COCc2cnccn2)C1. The minimum Gasteiger partial charge on any atom is -0.444 e. The molecule has 2 heterocycles. The quantitative estimate of drug-likeness (QED) is 0.855. The van der Waals surface area contributed by atoms with Gasteiger partial charge in [-0.05, 0) is 33.6 Å². The molecule has 0 N–H and O–H groups in total. The maximum atomic E-state index is 12.1. The van der Waals surface area contributed by atoms with E-state index in [-0.39, 0.29) is 6.09 Å². The molecule has 1 saturated heterocycles. The highest BCUT2D eigenvalue weighted by molar-refractivity contribution is 5.68. The molecule has 122 valence electrons. The lowest BCUT2D eigenvalue weighted by Gasteiger charge is -2.34. The minimum atomic E-state index is -0.452. The molecule has 0 aromatic carbocycles. The fourth-order valence-corrected chi connectivity index (χ4v) is 2.43. The third-order valence-electron chi connectivity index (χ3n) is 3.39. The minimum absolute atomic E-state index is 0.230. The number of hydrogen-bond acceptors (Lipinski definition) is 5. The van der Waals surface area contributed by atoms with Gasteiger partial charge in [0.05, 0.1) is 25.1 Å². The van der Waals surface area contributed by atoms with Crippen LogP contribution in [0, 0.1) is 5.92 Å². The third-order valence-corrected chi connectivity index (χ3v) is 3.39. The van der Waals surface area contributed by atoms with E-state index in [1.54, 1.807) is 23.5 Å². The number of likely N-dealkylation sites (tertiary alicyclic amines) is 1. The molecule has 1 fully saturated rings. The van der Waals surface area contributed by atoms with Crippen LogP contribution in [0.3, 0.4) is 0 Å². The van der Waals surface area contributed by atoms with Crippen molar-refractivity contribution in [2.45, 2.75) is 45.8 Å². The Morgan fingerprint density at radius 1 is 1.41 bits per heavy atom. The van der Waals surface area contributed by atoms with Crippen LogP contribution < -0.4 is 0 Å². The zero-order chi connectivity index (χ0) is 16.0. The number of carbonyl (C=O) groups excluding carboxylic acids is 1. The summed E-state index contributed by atoms with van der Waals surface area (Å²) in [6, 6.07) is 0. The van der Waals surface area contributed by atoms with Gasteiger partial charge in [-0.3, -0.25) is 9.97 Å². The van der Waals surface area contributed by atoms with Crippen LogP contribution in [-0.2, 0) is 16.1 Å². The van der Waals surface area contributed by atoms with Crippen molar-refractivity contribution in [2.24, 2.45) is 5.92 Å². The van der Waals surface area contributed by atoms with E-state index in [9.17, 15) is 4.79 Å². The first-order valence-electron chi connectivity index (χ1n) is 7.74. The van der Waals surface area contributed by atoms with Crippen molar-refractivity contribution in [3.63, 3.8) is 0 Å². The van der Waals surface area contributed by atoms with Crippen LogP contribution in [0.4, 0.5) is 4.79 Å². The Labute approximate surface area is 131 Å². The lowest BCUT2D eigenvalue weighted by molar-refractivity contribution is 0.00566. The zero-order valence-corrected chi connectivity index (χ0v) is 13.6. The van der Waals surface area contributed by atoms with Crippen molar-refractivity contribution < 1.29 is 14.3 Å². The van der Waals surface area contributed by atoms with Gasteiger partial charge in [-0.25, -0.2) is 4.79 Å². The van der Waals surface area contributed by atoms with E-state index >= 15 is 0 Å². The van der Waals surface area contributed by atoms with Crippen LogP contribution in [0.1, 0.15) is 39.3 Å². The van der Waals surface area contributed by atoms with E-state index in [0.717, 1.165) is 25.1 Å². The Hall–Kier alpha value is -1.69. The molecule has 1 amide bonds. The molecule has 1 atom stereocenters. The first kappa shape index (κ1) is 16.7. The number of rotatable bonds is 4. The van der Waals surface area contributed by atoms with Gasteiger partial charge in [-0.2, -0.15) is 0 Å². The number of hydrogen-bond donors (Lipinski definition) is 0. The molecule has 0 spiro atoms. The highest BCUT2D eigenvalue weighted by Crippen LogP contribution is 2.19.